The summed E-state index contributed by atoms with van der Waals surface area (Å²) in [5.41, 5.74) is 2.44. The largest absolute Gasteiger partial charge is 0.473 e. The van der Waals surface area contributed by atoms with Gasteiger partial charge in [0.1, 0.15) is 5.58 Å². The second kappa shape index (κ2) is 2.66. The summed E-state index contributed by atoms with van der Waals surface area (Å²) in [6.07, 6.45) is 0. The van der Waals surface area contributed by atoms with Gasteiger partial charge in [0.25, 0.3) is 0 Å². The summed E-state index contributed by atoms with van der Waals surface area (Å²) in [5.74, 6) is 0. The minimum absolute atomic E-state index is 0.455. The highest BCUT2D eigenvalue weighted by Crippen LogP contribution is 2.25. The Morgan fingerprint density at radius 3 is 2.83 bits per heavy atom. The third-order valence-corrected chi connectivity index (χ3v) is 2.41. The van der Waals surface area contributed by atoms with Gasteiger partial charge < -0.3 is 4.42 Å². The molecule has 58 valence electrons. The number of aryl methyl sites for hydroxylation is 1. The molecule has 1 nitrogen and oxygen atoms in total. The monoisotopic (exact) mass is 220 g/mol. The molecule has 12 heavy (non-hydrogen) atoms. The van der Waals surface area contributed by atoms with Crippen LogP contribution in [-0.2, 0) is 0 Å². The Bertz CT molecular complexity index is 433. The molecule has 0 saturated carbocycles. The summed E-state index contributed by atoms with van der Waals surface area (Å²) < 4.78 is 6.30. The summed E-state index contributed by atoms with van der Waals surface area (Å²) in [6, 6.07) is 5.83. The van der Waals surface area contributed by atoms with Crippen molar-refractivity contribution in [1.29, 1.82) is 0 Å². The summed E-state index contributed by atoms with van der Waals surface area (Å²) in [4.78, 5) is 0. The van der Waals surface area contributed by atoms with Crippen LogP contribution >= 0.6 is 15.9 Å². The minimum atomic E-state index is 0.455. The first kappa shape index (κ1) is 7.93. The van der Waals surface area contributed by atoms with Gasteiger partial charge in [-0.15, -0.1) is 0 Å². The zero-order valence-corrected chi connectivity index (χ0v) is 8.18. The highest BCUT2D eigenvalue weighted by Gasteiger charge is 2.03. The molecule has 0 aliphatic heterocycles. The van der Waals surface area contributed by atoms with Gasteiger partial charge >= 0.3 is 0 Å². The molecule has 0 unspecified atom stereocenters. The van der Waals surface area contributed by atoms with E-state index in [0.29, 0.717) is 5.66 Å². The van der Waals surface area contributed by atoms with Gasteiger partial charge in [-0.1, -0.05) is 15.9 Å². The maximum absolute atomic E-state index is 5.52. The molecule has 2 radical (unpaired) electrons. The van der Waals surface area contributed by atoms with Crippen LogP contribution in [0.25, 0.3) is 11.0 Å². The van der Waals surface area contributed by atoms with Crippen LogP contribution in [0.15, 0.2) is 27.1 Å². The van der Waals surface area contributed by atoms with Crippen molar-refractivity contribution in [1.82, 2.24) is 0 Å². The number of rotatable bonds is 0. The fourth-order valence-corrected chi connectivity index (χ4v) is 1.92. The number of hydrogen-bond acceptors (Lipinski definition) is 1. The van der Waals surface area contributed by atoms with E-state index in [9.17, 15) is 0 Å². The van der Waals surface area contributed by atoms with Crippen LogP contribution in [0.1, 0.15) is 5.56 Å². The molecule has 1 heterocycles. The molecule has 0 spiro atoms. The fourth-order valence-electron chi connectivity index (χ4n) is 1.24. The molecule has 0 aliphatic carbocycles. The SMILES string of the molecule is [B]c1cc2c(Br)cc(C)cc2o1. The van der Waals surface area contributed by atoms with Crippen molar-refractivity contribution in [2.24, 2.45) is 0 Å². The average Bonchev–Trinajstić information content (AvgIpc) is 2.29. The van der Waals surface area contributed by atoms with E-state index >= 15 is 0 Å². The van der Waals surface area contributed by atoms with Crippen LogP contribution in [0.4, 0.5) is 0 Å². The van der Waals surface area contributed by atoms with Crippen molar-refractivity contribution in [2.75, 3.05) is 0 Å². The van der Waals surface area contributed by atoms with Gasteiger partial charge in [-0.2, -0.15) is 0 Å². The Morgan fingerprint density at radius 2 is 2.08 bits per heavy atom. The number of furan rings is 1. The number of hydrogen-bond donors (Lipinski definition) is 0. The van der Waals surface area contributed by atoms with E-state index in [2.05, 4.69) is 15.9 Å². The predicted octanol–water partition coefficient (Wildman–Crippen LogP) is 2.30. The molecule has 2 rings (SSSR count). The van der Waals surface area contributed by atoms with Gasteiger partial charge in [-0.25, -0.2) is 0 Å². The van der Waals surface area contributed by atoms with Crippen molar-refractivity contribution < 1.29 is 4.42 Å². The zero-order chi connectivity index (χ0) is 8.72. The highest BCUT2D eigenvalue weighted by molar-refractivity contribution is 9.10. The minimum Gasteiger partial charge on any atom is -0.473 e. The summed E-state index contributed by atoms with van der Waals surface area (Å²) in [7, 11) is 5.52. The van der Waals surface area contributed by atoms with Crippen LogP contribution in [-0.4, -0.2) is 7.85 Å². The maximum atomic E-state index is 5.52. The molecule has 0 atom stereocenters. The lowest BCUT2D eigenvalue weighted by Gasteiger charge is -1.94. The van der Waals surface area contributed by atoms with Crippen molar-refractivity contribution in [2.45, 2.75) is 6.92 Å². The van der Waals surface area contributed by atoms with E-state index in [-0.39, 0.29) is 0 Å². The molecule has 1 aromatic heterocycles. The van der Waals surface area contributed by atoms with Crippen molar-refractivity contribution in [3.8, 4) is 0 Å². The second-order valence-corrected chi connectivity index (χ2v) is 3.66. The lowest BCUT2D eigenvalue weighted by molar-refractivity contribution is 0.653. The van der Waals surface area contributed by atoms with E-state index in [1.807, 2.05) is 25.1 Å². The summed E-state index contributed by atoms with van der Waals surface area (Å²) in [5, 5.41) is 1.03. The number of fused-ring (bicyclic) bond motifs is 1. The van der Waals surface area contributed by atoms with E-state index in [0.717, 1.165) is 21.0 Å². The number of benzene rings is 1. The van der Waals surface area contributed by atoms with Crippen molar-refractivity contribution >= 4 is 40.4 Å². The van der Waals surface area contributed by atoms with Crippen LogP contribution in [0.2, 0.25) is 0 Å². The molecule has 0 fully saturated rings. The molecule has 0 bridgehead atoms. The smallest absolute Gasteiger partial charge is 0.167 e. The van der Waals surface area contributed by atoms with Crippen LogP contribution in [0.3, 0.4) is 0 Å². The average molecular weight is 221 g/mol. The lowest BCUT2D eigenvalue weighted by atomic mass is 10.1. The first-order valence-electron chi connectivity index (χ1n) is 3.62. The number of halogens is 1. The van der Waals surface area contributed by atoms with Crippen LogP contribution < -0.4 is 5.66 Å². The zero-order valence-electron chi connectivity index (χ0n) is 6.60. The van der Waals surface area contributed by atoms with Crippen molar-refractivity contribution in [3.63, 3.8) is 0 Å². The van der Waals surface area contributed by atoms with E-state index in [1.54, 1.807) is 0 Å². The van der Waals surface area contributed by atoms with Gasteiger partial charge in [0.2, 0.25) is 0 Å². The first-order chi connectivity index (χ1) is 5.66. The van der Waals surface area contributed by atoms with Gasteiger partial charge in [-0.3, -0.25) is 0 Å². The normalized spacial score (nSPS) is 10.8. The quantitative estimate of drug-likeness (QED) is 0.622. The molecule has 3 heteroatoms. The van der Waals surface area contributed by atoms with Gasteiger partial charge in [0.05, 0.1) is 0 Å². The Labute approximate surface area is 80.3 Å². The Balaban J connectivity index is 2.88. The predicted molar refractivity (Wildman–Crippen MR) is 54.0 cm³/mol. The Hall–Kier alpha value is -0.695. The summed E-state index contributed by atoms with van der Waals surface area (Å²) in [6.45, 7) is 2.02. The van der Waals surface area contributed by atoms with Crippen LogP contribution in [0.5, 0.6) is 0 Å². The molecule has 1 aromatic carbocycles. The van der Waals surface area contributed by atoms with Crippen molar-refractivity contribution in [3.05, 3.63) is 28.2 Å². The Kier molecular flexibility index (Phi) is 1.76. The topological polar surface area (TPSA) is 13.1 Å². The molecule has 0 amide bonds. The molecule has 0 saturated heterocycles. The standard InChI is InChI=1S/C9H6BBrO/c1-5-2-7(11)6-4-9(10)12-8(6)3-5/h2-4H,1H3. The van der Waals surface area contributed by atoms with E-state index in [4.69, 9.17) is 12.3 Å². The van der Waals surface area contributed by atoms with Gasteiger partial charge in [0.15, 0.2) is 7.85 Å². The third kappa shape index (κ3) is 1.18. The second-order valence-electron chi connectivity index (χ2n) is 2.81. The summed E-state index contributed by atoms with van der Waals surface area (Å²) >= 11 is 3.45. The van der Waals surface area contributed by atoms with E-state index < -0.39 is 0 Å². The molecule has 0 aliphatic rings. The fraction of sp³-hybridized carbons (Fsp3) is 0.111. The molecule has 0 N–H and O–H groups in total. The van der Waals surface area contributed by atoms with Gasteiger partial charge in [-0.05, 0) is 30.7 Å². The molecular weight excluding hydrogens is 215 g/mol. The molecule has 2 aromatic rings. The third-order valence-electron chi connectivity index (χ3n) is 1.75. The lowest BCUT2D eigenvalue weighted by Crippen LogP contribution is -1.92. The first-order valence-corrected chi connectivity index (χ1v) is 4.41. The Morgan fingerprint density at radius 1 is 1.33 bits per heavy atom. The van der Waals surface area contributed by atoms with Gasteiger partial charge in [0, 0.05) is 15.5 Å². The van der Waals surface area contributed by atoms with Crippen LogP contribution in [0, 0.1) is 6.92 Å². The highest BCUT2D eigenvalue weighted by atomic mass is 79.9. The van der Waals surface area contributed by atoms with E-state index in [1.165, 1.54) is 0 Å². The maximum Gasteiger partial charge on any atom is 0.167 e. The molecular formula is C9H6BBrO.